The summed E-state index contributed by atoms with van der Waals surface area (Å²) in [6.07, 6.45) is 0. The van der Waals surface area contributed by atoms with Crippen LogP contribution in [0.5, 0.6) is 17.2 Å². The first-order valence-electron chi connectivity index (χ1n) is 4.61. The van der Waals surface area contributed by atoms with Crippen molar-refractivity contribution < 1.29 is 19.0 Å². The first-order chi connectivity index (χ1) is 7.62. The summed E-state index contributed by atoms with van der Waals surface area (Å²) in [7, 11) is 2.97. The molecule has 0 saturated carbocycles. The van der Waals surface area contributed by atoms with Gasteiger partial charge in [-0.25, -0.2) is 0 Å². The number of hydrogen-bond acceptors (Lipinski definition) is 4. The fraction of sp³-hybridized carbons (Fsp3) is 0.364. The van der Waals surface area contributed by atoms with Crippen LogP contribution in [0.25, 0.3) is 0 Å². The molecule has 0 aliphatic carbocycles. The van der Waals surface area contributed by atoms with Crippen molar-refractivity contribution in [3.63, 3.8) is 0 Å². The number of esters is 1. The summed E-state index contributed by atoms with van der Waals surface area (Å²) in [5, 5.41) is 0. The molecule has 0 spiro atoms. The van der Waals surface area contributed by atoms with Gasteiger partial charge in [0.15, 0.2) is 11.5 Å². The Morgan fingerprint density at radius 1 is 1.25 bits per heavy atom. The molecule has 0 bridgehead atoms. The Kier molecular flexibility index (Phi) is 4.43. The highest BCUT2D eigenvalue weighted by Crippen LogP contribution is 2.38. The topological polar surface area (TPSA) is 44.8 Å². The molecule has 1 aromatic rings. The summed E-state index contributed by atoms with van der Waals surface area (Å²) >= 11 is 5.72. The monoisotopic (exact) mass is 244 g/mol. The van der Waals surface area contributed by atoms with Crippen molar-refractivity contribution in [3.05, 3.63) is 17.7 Å². The molecule has 0 saturated heterocycles. The fourth-order valence-corrected chi connectivity index (χ4v) is 1.41. The van der Waals surface area contributed by atoms with Crippen LogP contribution in [0.4, 0.5) is 0 Å². The van der Waals surface area contributed by atoms with E-state index in [0.29, 0.717) is 17.4 Å². The highest BCUT2D eigenvalue weighted by atomic mass is 35.5. The number of ether oxygens (including phenoxy) is 3. The Hall–Kier alpha value is -1.42. The van der Waals surface area contributed by atoms with Crippen LogP contribution in [0.3, 0.4) is 0 Å². The third-order valence-corrected chi connectivity index (χ3v) is 2.23. The molecule has 5 heteroatoms. The Morgan fingerprint density at radius 3 is 2.06 bits per heavy atom. The van der Waals surface area contributed by atoms with E-state index in [4.69, 9.17) is 25.8 Å². The molecule has 0 unspecified atom stereocenters. The van der Waals surface area contributed by atoms with Gasteiger partial charge in [-0.3, -0.25) is 4.79 Å². The summed E-state index contributed by atoms with van der Waals surface area (Å²) in [5.41, 5.74) is 0.825. The lowest BCUT2D eigenvalue weighted by atomic mass is 10.2. The summed E-state index contributed by atoms with van der Waals surface area (Å²) in [6, 6.07) is 3.40. The molecule has 88 valence electrons. The normalized spacial score (nSPS) is 9.75. The van der Waals surface area contributed by atoms with Gasteiger partial charge < -0.3 is 14.2 Å². The summed E-state index contributed by atoms with van der Waals surface area (Å²) < 4.78 is 15.3. The standard InChI is InChI=1S/C11H13ClO4/c1-7(13)16-11-9(14-2)4-8(6-12)5-10(11)15-3/h4-5H,6H2,1-3H3. The van der Waals surface area contributed by atoms with Gasteiger partial charge in [0.25, 0.3) is 0 Å². The third-order valence-electron chi connectivity index (χ3n) is 1.92. The van der Waals surface area contributed by atoms with Crippen molar-refractivity contribution in [1.29, 1.82) is 0 Å². The van der Waals surface area contributed by atoms with E-state index < -0.39 is 5.97 Å². The maximum Gasteiger partial charge on any atom is 0.308 e. The quantitative estimate of drug-likeness (QED) is 0.463. The molecule has 16 heavy (non-hydrogen) atoms. The van der Waals surface area contributed by atoms with Gasteiger partial charge in [0, 0.05) is 12.8 Å². The molecule has 0 N–H and O–H groups in total. The SMILES string of the molecule is COc1cc(CCl)cc(OC)c1OC(C)=O. The van der Waals surface area contributed by atoms with Crippen LogP contribution in [-0.4, -0.2) is 20.2 Å². The summed E-state index contributed by atoms with van der Waals surface area (Å²) in [5.74, 6) is 1.00. The zero-order valence-electron chi connectivity index (χ0n) is 9.37. The number of methoxy groups -OCH3 is 2. The number of rotatable bonds is 4. The van der Waals surface area contributed by atoms with E-state index in [-0.39, 0.29) is 5.75 Å². The smallest absolute Gasteiger partial charge is 0.308 e. The van der Waals surface area contributed by atoms with E-state index >= 15 is 0 Å². The second-order valence-corrected chi connectivity index (χ2v) is 3.32. The molecule has 0 fully saturated rings. The Morgan fingerprint density at radius 2 is 1.75 bits per heavy atom. The average Bonchev–Trinajstić information content (AvgIpc) is 2.28. The van der Waals surface area contributed by atoms with E-state index in [0.717, 1.165) is 5.56 Å². The van der Waals surface area contributed by atoms with Crippen molar-refractivity contribution in [2.24, 2.45) is 0 Å². The molecular formula is C11H13ClO4. The molecule has 0 atom stereocenters. The van der Waals surface area contributed by atoms with Crippen LogP contribution in [0, 0.1) is 0 Å². The molecule has 4 nitrogen and oxygen atoms in total. The maximum absolute atomic E-state index is 10.9. The number of benzene rings is 1. The molecule has 0 aliphatic rings. The molecule has 0 radical (unpaired) electrons. The van der Waals surface area contributed by atoms with Crippen LogP contribution in [0.2, 0.25) is 0 Å². The lowest BCUT2D eigenvalue weighted by Gasteiger charge is -2.13. The number of carbonyl (C=O) groups excluding carboxylic acids is 1. The molecule has 0 amide bonds. The first-order valence-corrected chi connectivity index (χ1v) is 5.15. The number of hydrogen-bond donors (Lipinski definition) is 0. The van der Waals surface area contributed by atoms with Crippen molar-refractivity contribution in [2.45, 2.75) is 12.8 Å². The van der Waals surface area contributed by atoms with Crippen molar-refractivity contribution in [2.75, 3.05) is 14.2 Å². The zero-order valence-corrected chi connectivity index (χ0v) is 10.1. The van der Waals surface area contributed by atoms with Gasteiger partial charge in [0.05, 0.1) is 14.2 Å². The highest BCUT2D eigenvalue weighted by Gasteiger charge is 2.15. The van der Waals surface area contributed by atoms with Crippen molar-refractivity contribution in [3.8, 4) is 17.2 Å². The Labute approximate surface area is 99.1 Å². The van der Waals surface area contributed by atoms with E-state index in [1.54, 1.807) is 12.1 Å². The Bertz CT molecular complexity index is 365. The van der Waals surface area contributed by atoms with Gasteiger partial charge in [-0.1, -0.05) is 0 Å². The minimum atomic E-state index is -0.435. The van der Waals surface area contributed by atoms with E-state index in [2.05, 4.69) is 0 Å². The van der Waals surface area contributed by atoms with Crippen LogP contribution < -0.4 is 14.2 Å². The maximum atomic E-state index is 10.9. The van der Waals surface area contributed by atoms with Crippen LogP contribution in [-0.2, 0) is 10.7 Å². The van der Waals surface area contributed by atoms with E-state index in [1.165, 1.54) is 21.1 Å². The van der Waals surface area contributed by atoms with E-state index in [1.807, 2.05) is 0 Å². The van der Waals surface area contributed by atoms with Gasteiger partial charge in [-0.2, -0.15) is 0 Å². The lowest BCUT2D eigenvalue weighted by Crippen LogP contribution is -2.05. The van der Waals surface area contributed by atoms with Crippen molar-refractivity contribution >= 4 is 17.6 Å². The average molecular weight is 245 g/mol. The van der Waals surface area contributed by atoms with Gasteiger partial charge in [0.2, 0.25) is 5.75 Å². The van der Waals surface area contributed by atoms with Crippen LogP contribution in [0.1, 0.15) is 12.5 Å². The summed E-state index contributed by atoms with van der Waals surface area (Å²) in [6.45, 7) is 1.31. The number of halogens is 1. The molecule has 0 aromatic heterocycles. The van der Waals surface area contributed by atoms with Gasteiger partial charge in [0.1, 0.15) is 0 Å². The predicted octanol–water partition coefficient (Wildman–Crippen LogP) is 2.37. The zero-order chi connectivity index (χ0) is 12.1. The Balaban J connectivity index is 3.25. The minimum Gasteiger partial charge on any atom is -0.493 e. The summed E-state index contributed by atoms with van der Waals surface area (Å²) in [4.78, 5) is 10.9. The third kappa shape index (κ3) is 2.79. The fourth-order valence-electron chi connectivity index (χ4n) is 1.26. The first kappa shape index (κ1) is 12.6. The largest absolute Gasteiger partial charge is 0.493 e. The van der Waals surface area contributed by atoms with Gasteiger partial charge in [-0.05, 0) is 17.7 Å². The molecule has 0 aliphatic heterocycles. The number of alkyl halides is 1. The molecular weight excluding hydrogens is 232 g/mol. The van der Waals surface area contributed by atoms with Gasteiger partial charge >= 0.3 is 5.97 Å². The van der Waals surface area contributed by atoms with E-state index in [9.17, 15) is 4.79 Å². The number of carbonyl (C=O) groups is 1. The van der Waals surface area contributed by atoms with Crippen LogP contribution in [0.15, 0.2) is 12.1 Å². The van der Waals surface area contributed by atoms with Gasteiger partial charge in [-0.15, -0.1) is 11.6 Å². The van der Waals surface area contributed by atoms with Crippen molar-refractivity contribution in [1.82, 2.24) is 0 Å². The molecule has 1 rings (SSSR count). The van der Waals surface area contributed by atoms with Crippen LogP contribution >= 0.6 is 11.6 Å². The minimum absolute atomic E-state index is 0.270. The second kappa shape index (κ2) is 5.61. The highest BCUT2D eigenvalue weighted by molar-refractivity contribution is 6.17. The molecule has 0 heterocycles. The lowest BCUT2D eigenvalue weighted by molar-refractivity contribution is -0.132. The molecule has 1 aromatic carbocycles. The predicted molar refractivity (Wildman–Crippen MR) is 60.4 cm³/mol. The second-order valence-electron chi connectivity index (χ2n) is 3.06.